The first-order chi connectivity index (χ1) is 18.5. The minimum absolute atomic E-state index is 0.0528. The minimum Gasteiger partial charge on any atom is -0.467 e. The number of azo groups is 1. The Morgan fingerprint density at radius 1 is 1.03 bits per heavy atom. The van der Waals surface area contributed by atoms with Crippen molar-refractivity contribution in [2.75, 3.05) is 13.7 Å². The van der Waals surface area contributed by atoms with E-state index < -0.39 is 42.1 Å². The van der Waals surface area contributed by atoms with Gasteiger partial charge in [-0.1, -0.05) is 35.4 Å². The van der Waals surface area contributed by atoms with E-state index in [-0.39, 0.29) is 31.0 Å². The second-order valence-corrected chi connectivity index (χ2v) is 8.00. The van der Waals surface area contributed by atoms with E-state index >= 15 is 0 Å². The quantitative estimate of drug-likeness (QED) is 0.0884. The first-order valence-electron chi connectivity index (χ1n) is 11.5. The molecule has 3 amide bonds. The molecular weight excluding hydrogens is 523 g/mol. The lowest BCUT2D eigenvalue weighted by atomic mass is 10.0. The van der Waals surface area contributed by atoms with Gasteiger partial charge in [-0.15, -0.1) is 18.3 Å². The zero-order chi connectivity index (χ0) is 28.8. The average molecular weight is 552 g/mol. The molecule has 2 rings (SSSR count). The van der Waals surface area contributed by atoms with Crippen LogP contribution in [0.2, 0.25) is 0 Å². The molecule has 0 saturated carbocycles. The van der Waals surface area contributed by atoms with E-state index in [2.05, 4.69) is 30.9 Å². The molecule has 0 radical (unpaired) electrons. The van der Waals surface area contributed by atoms with Gasteiger partial charge < -0.3 is 31.2 Å². The lowest BCUT2D eigenvalue weighted by molar-refractivity contribution is -0.274. The van der Waals surface area contributed by atoms with Crippen molar-refractivity contribution in [3.8, 4) is 5.75 Å². The summed E-state index contributed by atoms with van der Waals surface area (Å²) < 4.78 is 45.4. The Kier molecular flexibility index (Phi) is 11.7. The topological polar surface area (TPSA) is 180 Å². The summed E-state index contributed by atoms with van der Waals surface area (Å²) in [6.07, 6.45) is -4.26. The molecule has 2 unspecified atom stereocenters. The van der Waals surface area contributed by atoms with E-state index in [1.54, 1.807) is 30.3 Å². The number of guanidine groups is 1. The van der Waals surface area contributed by atoms with Crippen LogP contribution in [0.3, 0.4) is 0 Å². The molecule has 0 heterocycles. The van der Waals surface area contributed by atoms with Crippen LogP contribution in [0.25, 0.3) is 0 Å². The van der Waals surface area contributed by atoms with Crippen LogP contribution in [0.15, 0.2) is 64.8 Å². The molecule has 210 valence electrons. The average Bonchev–Trinajstić information content (AvgIpc) is 2.88. The van der Waals surface area contributed by atoms with Crippen LogP contribution in [-0.2, 0) is 20.7 Å². The number of halogens is 3. The van der Waals surface area contributed by atoms with Crippen LogP contribution in [-0.4, -0.2) is 56.0 Å². The first-order valence-corrected chi connectivity index (χ1v) is 11.5. The van der Waals surface area contributed by atoms with Gasteiger partial charge in [0.15, 0.2) is 5.96 Å². The third kappa shape index (κ3) is 11.9. The molecule has 0 bridgehead atoms. The number of nitrogens with two attached hydrogens (primary N) is 1. The number of urea groups is 1. The Hall–Kier alpha value is -4.69. The van der Waals surface area contributed by atoms with E-state index in [0.717, 1.165) is 24.3 Å². The molecule has 0 fully saturated rings. The number of hydrogen-bond donors (Lipinski definition) is 5. The highest BCUT2D eigenvalue weighted by molar-refractivity contribution is 5.90. The van der Waals surface area contributed by atoms with Crippen molar-refractivity contribution in [3.63, 3.8) is 0 Å². The molecule has 0 aromatic heterocycles. The number of esters is 1. The van der Waals surface area contributed by atoms with Crippen LogP contribution in [0.1, 0.15) is 18.4 Å². The standard InChI is InChI=1S/C24H28F3N7O5/c1-38-21(36)18(8-5-13-30-22(28)29)31-20(35)19(14-15-6-3-2-4-7-15)32-23(37)34-33-16-9-11-17(12-10-16)39-24(25,26)27/h2-4,6-7,9-12,18-19H,5,8,13-14H2,1H3,(H,31,35)(H,32,37)(H4,28,29,30)/b34-33+. The second kappa shape index (κ2) is 14.9. The van der Waals surface area contributed by atoms with Crippen LogP contribution < -0.4 is 26.4 Å². The van der Waals surface area contributed by atoms with Crippen molar-refractivity contribution < 1.29 is 37.0 Å². The third-order valence-corrected chi connectivity index (χ3v) is 5.01. The van der Waals surface area contributed by atoms with Gasteiger partial charge in [-0.25, -0.2) is 9.59 Å². The maximum atomic E-state index is 13.1. The molecule has 12 nitrogen and oxygen atoms in total. The van der Waals surface area contributed by atoms with Gasteiger partial charge in [0.05, 0.1) is 12.8 Å². The molecule has 0 aliphatic rings. The maximum Gasteiger partial charge on any atom is 0.573 e. The second-order valence-electron chi connectivity index (χ2n) is 8.00. The third-order valence-electron chi connectivity index (χ3n) is 5.01. The number of hydrogen-bond acceptors (Lipinski definition) is 7. The highest BCUT2D eigenvalue weighted by atomic mass is 19.4. The largest absolute Gasteiger partial charge is 0.573 e. The first kappa shape index (κ1) is 30.5. The number of ether oxygens (including phenoxy) is 2. The van der Waals surface area contributed by atoms with Crippen molar-refractivity contribution in [2.45, 2.75) is 37.7 Å². The molecule has 2 aromatic rings. The van der Waals surface area contributed by atoms with Gasteiger partial charge in [-0.3, -0.25) is 10.2 Å². The summed E-state index contributed by atoms with van der Waals surface area (Å²) in [5.74, 6) is -2.10. The Morgan fingerprint density at radius 3 is 2.28 bits per heavy atom. The molecule has 2 aromatic carbocycles. The Bertz CT molecular complexity index is 1150. The molecule has 0 saturated heterocycles. The van der Waals surface area contributed by atoms with Crippen molar-refractivity contribution >= 4 is 29.6 Å². The zero-order valence-electron chi connectivity index (χ0n) is 20.8. The lowest BCUT2D eigenvalue weighted by Gasteiger charge is -2.22. The number of methoxy groups -OCH3 is 1. The molecule has 0 spiro atoms. The molecule has 15 heteroatoms. The lowest BCUT2D eigenvalue weighted by Crippen LogP contribution is -2.52. The van der Waals surface area contributed by atoms with E-state index in [9.17, 15) is 27.6 Å². The SMILES string of the molecule is COC(=O)C(CCCNC(=N)N)NC(=O)C(Cc1ccccc1)NC(=O)/N=N/c1ccc(OC(F)(F)F)cc1. The summed E-state index contributed by atoms with van der Waals surface area (Å²) in [4.78, 5) is 37.8. The predicted octanol–water partition coefficient (Wildman–Crippen LogP) is 2.91. The van der Waals surface area contributed by atoms with Gasteiger partial charge in [0.1, 0.15) is 17.8 Å². The normalized spacial score (nSPS) is 12.7. The van der Waals surface area contributed by atoms with Crippen LogP contribution in [0.5, 0.6) is 5.75 Å². The monoisotopic (exact) mass is 551 g/mol. The van der Waals surface area contributed by atoms with Crippen molar-refractivity contribution in [3.05, 3.63) is 60.2 Å². The number of rotatable bonds is 12. The van der Waals surface area contributed by atoms with E-state index in [4.69, 9.17) is 15.9 Å². The van der Waals surface area contributed by atoms with Gasteiger partial charge >= 0.3 is 18.4 Å². The summed E-state index contributed by atoms with van der Waals surface area (Å²) >= 11 is 0. The molecule has 2 atom stereocenters. The van der Waals surface area contributed by atoms with Crippen molar-refractivity contribution in [1.29, 1.82) is 5.41 Å². The van der Waals surface area contributed by atoms with Crippen molar-refractivity contribution in [1.82, 2.24) is 16.0 Å². The fourth-order valence-electron chi connectivity index (χ4n) is 3.25. The number of benzene rings is 2. The summed E-state index contributed by atoms with van der Waals surface area (Å²) in [7, 11) is 1.17. The van der Waals surface area contributed by atoms with Gasteiger partial charge in [-0.2, -0.15) is 0 Å². The smallest absolute Gasteiger partial charge is 0.467 e. The molecule has 39 heavy (non-hydrogen) atoms. The zero-order valence-corrected chi connectivity index (χ0v) is 20.8. The highest BCUT2D eigenvalue weighted by Crippen LogP contribution is 2.25. The molecule has 6 N–H and O–H groups in total. The highest BCUT2D eigenvalue weighted by Gasteiger charge is 2.31. The summed E-state index contributed by atoms with van der Waals surface area (Å²) in [5.41, 5.74) is 6.00. The van der Waals surface area contributed by atoms with Crippen LogP contribution in [0.4, 0.5) is 23.7 Å². The maximum absolute atomic E-state index is 13.1. The van der Waals surface area contributed by atoms with Gasteiger partial charge in [-0.05, 0) is 42.7 Å². The van der Waals surface area contributed by atoms with Crippen molar-refractivity contribution in [2.24, 2.45) is 16.0 Å². The molecule has 0 aliphatic heterocycles. The number of alkyl halides is 3. The Morgan fingerprint density at radius 2 is 1.69 bits per heavy atom. The molecular formula is C24H28F3N7O5. The van der Waals surface area contributed by atoms with Gasteiger partial charge in [0, 0.05) is 13.0 Å². The van der Waals surface area contributed by atoms with E-state index in [1.807, 2.05) is 0 Å². The number of amides is 3. The Labute approximate surface area is 221 Å². The fraction of sp³-hybridized carbons (Fsp3) is 0.333. The van der Waals surface area contributed by atoms with Gasteiger partial charge in [0.25, 0.3) is 0 Å². The van der Waals surface area contributed by atoms with E-state index in [1.165, 1.54) is 7.11 Å². The number of carbonyl (C=O) groups is 3. The summed E-state index contributed by atoms with van der Waals surface area (Å²) in [6.45, 7) is 0.284. The Balaban J connectivity index is 2.10. The number of nitrogens with one attached hydrogen (secondary N) is 4. The summed E-state index contributed by atoms with van der Waals surface area (Å²) in [5, 5.41) is 21.9. The fourth-order valence-corrected chi connectivity index (χ4v) is 3.25. The summed E-state index contributed by atoms with van der Waals surface area (Å²) in [6, 6.07) is 9.88. The van der Waals surface area contributed by atoms with E-state index in [0.29, 0.717) is 12.0 Å². The van der Waals surface area contributed by atoms with Crippen LogP contribution in [0, 0.1) is 5.41 Å². The van der Waals surface area contributed by atoms with Gasteiger partial charge in [0.2, 0.25) is 5.91 Å². The minimum atomic E-state index is -4.85. The van der Waals surface area contributed by atoms with Crippen LogP contribution >= 0.6 is 0 Å². The predicted molar refractivity (Wildman–Crippen MR) is 133 cm³/mol. The molecule has 0 aliphatic carbocycles. The number of carbonyl (C=O) groups excluding carboxylic acids is 3. The number of nitrogens with zero attached hydrogens (tertiary/aromatic N) is 2.